The Morgan fingerprint density at radius 2 is 2.20 bits per heavy atom. The Kier molecular flexibility index (Phi) is 3.17. The molecule has 106 valence electrons. The minimum absolute atomic E-state index is 0.126. The number of carboxylic acids is 1. The summed E-state index contributed by atoms with van der Waals surface area (Å²) in [5.74, 6) is -1.21. The molecule has 0 radical (unpaired) electrons. The molecule has 1 aliphatic heterocycles. The smallest absolute Gasteiger partial charge is 0.335 e. The second kappa shape index (κ2) is 4.86. The minimum atomic E-state index is -1.06. The Labute approximate surface area is 116 Å². The standard InChI is InChI=1S/C14H16N2O4/c1-8-2-5-10(15-6-8)12-13(14(18)19)20-7-11(17)16(12)9-3-4-9/h2,5-6,9,12-13H,3-4,7H2,1H3,(H,18,19). The van der Waals surface area contributed by atoms with Crippen LogP contribution in [0.3, 0.4) is 0 Å². The normalized spacial score (nSPS) is 26.6. The first-order valence-electron chi connectivity index (χ1n) is 6.66. The van der Waals surface area contributed by atoms with E-state index in [9.17, 15) is 14.7 Å². The molecule has 2 atom stereocenters. The van der Waals surface area contributed by atoms with Gasteiger partial charge in [-0.15, -0.1) is 0 Å². The fourth-order valence-electron chi connectivity index (χ4n) is 2.57. The van der Waals surface area contributed by atoms with Crippen molar-refractivity contribution in [2.45, 2.75) is 38.0 Å². The number of pyridine rings is 1. The van der Waals surface area contributed by atoms with Crippen LogP contribution in [-0.2, 0) is 14.3 Å². The lowest BCUT2D eigenvalue weighted by Crippen LogP contribution is -2.52. The quantitative estimate of drug-likeness (QED) is 0.887. The van der Waals surface area contributed by atoms with Crippen LogP contribution in [0.25, 0.3) is 0 Å². The average molecular weight is 276 g/mol. The highest BCUT2D eigenvalue weighted by molar-refractivity contribution is 5.83. The van der Waals surface area contributed by atoms with E-state index in [4.69, 9.17) is 4.74 Å². The molecule has 0 aromatic carbocycles. The molecule has 2 aliphatic rings. The summed E-state index contributed by atoms with van der Waals surface area (Å²) in [5, 5.41) is 9.34. The van der Waals surface area contributed by atoms with Gasteiger partial charge in [-0.05, 0) is 31.4 Å². The Balaban J connectivity index is 2.00. The van der Waals surface area contributed by atoms with Crippen molar-refractivity contribution in [3.8, 4) is 0 Å². The SMILES string of the molecule is Cc1ccc(C2C(C(=O)O)OCC(=O)N2C2CC2)nc1. The monoisotopic (exact) mass is 276 g/mol. The number of nitrogens with zero attached hydrogens (tertiary/aromatic N) is 2. The maximum absolute atomic E-state index is 12.1. The van der Waals surface area contributed by atoms with E-state index in [0.29, 0.717) is 5.69 Å². The molecule has 2 unspecified atom stereocenters. The van der Waals surface area contributed by atoms with Gasteiger partial charge in [0.2, 0.25) is 5.91 Å². The minimum Gasteiger partial charge on any atom is -0.479 e. The lowest BCUT2D eigenvalue weighted by Gasteiger charge is -2.39. The summed E-state index contributed by atoms with van der Waals surface area (Å²) >= 11 is 0. The van der Waals surface area contributed by atoms with Crippen LogP contribution < -0.4 is 0 Å². The number of hydrogen-bond acceptors (Lipinski definition) is 4. The van der Waals surface area contributed by atoms with E-state index < -0.39 is 18.1 Å². The molecule has 6 heteroatoms. The number of carbonyl (C=O) groups is 2. The summed E-state index contributed by atoms with van der Waals surface area (Å²) in [4.78, 5) is 29.4. The molecule has 3 rings (SSSR count). The van der Waals surface area contributed by atoms with Gasteiger partial charge in [0.1, 0.15) is 12.6 Å². The first-order valence-corrected chi connectivity index (χ1v) is 6.66. The van der Waals surface area contributed by atoms with Gasteiger partial charge in [0.05, 0.1) is 5.69 Å². The number of morpholine rings is 1. The molecule has 1 saturated heterocycles. The predicted octanol–water partition coefficient (Wildman–Crippen LogP) is 0.906. The van der Waals surface area contributed by atoms with Gasteiger partial charge >= 0.3 is 5.97 Å². The zero-order valence-electron chi connectivity index (χ0n) is 11.2. The first kappa shape index (κ1) is 13.1. The fourth-order valence-corrected chi connectivity index (χ4v) is 2.57. The second-order valence-electron chi connectivity index (χ2n) is 5.31. The zero-order valence-corrected chi connectivity index (χ0v) is 11.2. The second-order valence-corrected chi connectivity index (χ2v) is 5.31. The van der Waals surface area contributed by atoms with Crippen LogP contribution in [0.15, 0.2) is 18.3 Å². The molecule has 1 saturated carbocycles. The van der Waals surface area contributed by atoms with Gasteiger partial charge in [-0.3, -0.25) is 9.78 Å². The molecular weight excluding hydrogens is 260 g/mol. The lowest BCUT2D eigenvalue weighted by molar-refractivity contribution is -0.174. The van der Waals surface area contributed by atoms with Gasteiger partial charge in [-0.25, -0.2) is 4.79 Å². The van der Waals surface area contributed by atoms with E-state index in [1.807, 2.05) is 13.0 Å². The molecule has 2 heterocycles. The van der Waals surface area contributed by atoms with Crippen molar-refractivity contribution in [3.05, 3.63) is 29.6 Å². The molecule has 1 aromatic heterocycles. The molecule has 20 heavy (non-hydrogen) atoms. The van der Waals surface area contributed by atoms with Crippen molar-refractivity contribution in [3.63, 3.8) is 0 Å². The summed E-state index contributed by atoms with van der Waals surface area (Å²) in [7, 11) is 0. The number of carbonyl (C=O) groups excluding carboxylic acids is 1. The van der Waals surface area contributed by atoms with E-state index in [1.54, 1.807) is 17.2 Å². The fraction of sp³-hybridized carbons (Fsp3) is 0.500. The zero-order chi connectivity index (χ0) is 14.3. The van der Waals surface area contributed by atoms with Gasteiger partial charge in [0, 0.05) is 12.2 Å². The number of aliphatic carboxylic acids is 1. The molecular formula is C14H16N2O4. The Morgan fingerprint density at radius 3 is 2.75 bits per heavy atom. The molecule has 0 bridgehead atoms. The molecule has 0 spiro atoms. The van der Waals surface area contributed by atoms with Crippen LogP contribution in [0.2, 0.25) is 0 Å². The van der Waals surface area contributed by atoms with Crippen LogP contribution in [0.5, 0.6) is 0 Å². The van der Waals surface area contributed by atoms with Crippen LogP contribution in [-0.4, -0.2) is 45.6 Å². The number of carboxylic acid groups (broad SMARTS) is 1. The summed E-state index contributed by atoms with van der Waals surface area (Å²) < 4.78 is 5.23. The van der Waals surface area contributed by atoms with E-state index in [0.717, 1.165) is 18.4 Å². The van der Waals surface area contributed by atoms with Crippen molar-refractivity contribution >= 4 is 11.9 Å². The van der Waals surface area contributed by atoms with Gasteiger partial charge < -0.3 is 14.7 Å². The van der Waals surface area contributed by atoms with Crippen molar-refractivity contribution < 1.29 is 19.4 Å². The average Bonchev–Trinajstić information content (AvgIpc) is 3.23. The Morgan fingerprint density at radius 1 is 1.45 bits per heavy atom. The van der Waals surface area contributed by atoms with Crippen LogP contribution in [0.4, 0.5) is 0 Å². The number of aromatic nitrogens is 1. The molecule has 1 amide bonds. The van der Waals surface area contributed by atoms with Crippen LogP contribution in [0.1, 0.15) is 30.1 Å². The largest absolute Gasteiger partial charge is 0.479 e. The number of amides is 1. The van der Waals surface area contributed by atoms with E-state index >= 15 is 0 Å². The summed E-state index contributed by atoms with van der Waals surface area (Å²) in [5.41, 5.74) is 1.56. The third-order valence-electron chi connectivity index (χ3n) is 3.68. The van der Waals surface area contributed by atoms with Crippen molar-refractivity contribution in [2.24, 2.45) is 0 Å². The third kappa shape index (κ3) is 2.27. The summed E-state index contributed by atoms with van der Waals surface area (Å²) in [6.45, 7) is 1.74. The molecule has 6 nitrogen and oxygen atoms in total. The van der Waals surface area contributed by atoms with Crippen LogP contribution in [0, 0.1) is 6.92 Å². The van der Waals surface area contributed by atoms with Crippen molar-refractivity contribution in [1.82, 2.24) is 9.88 Å². The number of ether oxygens (including phenoxy) is 1. The molecule has 1 aromatic rings. The molecule has 1 aliphatic carbocycles. The Bertz CT molecular complexity index is 539. The first-order chi connectivity index (χ1) is 9.58. The highest BCUT2D eigenvalue weighted by atomic mass is 16.5. The lowest BCUT2D eigenvalue weighted by atomic mass is 10.0. The highest BCUT2D eigenvalue weighted by Gasteiger charge is 2.48. The number of hydrogen-bond donors (Lipinski definition) is 1. The summed E-state index contributed by atoms with van der Waals surface area (Å²) in [6.07, 6.45) is 2.46. The number of rotatable bonds is 3. The Hall–Kier alpha value is -1.95. The molecule has 2 fully saturated rings. The van der Waals surface area contributed by atoms with E-state index in [-0.39, 0.29) is 18.6 Å². The third-order valence-corrected chi connectivity index (χ3v) is 3.68. The van der Waals surface area contributed by atoms with Gasteiger partial charge in [0.25, 0.3) is 0 Å². The van der Waals surface area contributed by atoms with Gasteiger partial charge in [0.15, 0.2) is 6.10 Å². The van der Waals surface area contributed by atoms with E-state index in [2.05, 4.69) is 4.98 Å². The van der Waals surface area contributed by atoms with Crippen molar-refractivity contribution in [2.75, 3.05) is 6.61 Å². The maximum atomic E-state index is 12.1. The van der Waals surface area contributed by atoms with E-state index in [1.165, 1.54) is 0 Å². The maximum Gasteiger partial charge on any atom is 0.335 e. The van der Waals surface area contributed by atoms with Crippen LogP contribution >= 0.6 is 0 Å². The van der Waals surface area contributed by atoms with Gasteiger partial charge in [-0.2, -0.15) is 0 Å². The van der Waals surface area contributed by atoms with Gasteiger partial charge in [-0.1, -0.05) is 6.07 Å². The highest BCUT2D eigenvalue weighted by Crippen LogP contribution is 2.38. The van der Waals surface area contributed by atoms with Crippen molar-refractivity contribution in [1.29, 1.82) is 0 Å². The predicted molar refractivity (Wildman–Crippen MR) is 69.0 cm³/mol. The summed E-state index contributed by atoms with van der Waals surface area (Å²) in [6, 6.07) is 3.13. The molecule has 1 N–H and O–H groups in total. The number of aryl methyl sites for hydroxylation is 1. The topological polar surface area (TPSA) is 79.7 Å².